The summed E-state index contributed by atoms with van der Waals surface area (Å²) in [4.78, 5) is 0. The Morgan fingerprint density at radius 2 is 1.67 bits per heavy atom. The monoisotopic (exact) mass is 200 g/mol. The van der Waals surface area contributed by atoms with E-state index in [1.54, 1.807) is 0 Å². The fourth-order valence-corrected chi connectivity index (χ4v) is 1.91. The maximum absolute atomic E-state index is 2.41. The van der Waals surface area contributed by atoms with Crippen LogP contribution in [0.5, 0.6) is 0 Å². The zero-order valence-electron chi connectivity index (χ0n) is 9.10. The molecule has 15 heavy (non-hydrogen) atoms. The first kappa shape index (κ1) is 10.2. The summed E-state index contributed by atoms with van der Waals surface area (Å²) in [5.74, 6) is 0. The highest BCUT2D eigenvalue weighted by Crippen LogP contribution is 2.03. The second kappa shape index (κ2) is 5.50. The van der Waals surface area contributed by atoms with Gasteiger partial charge >= 0.3 is 0 Å². The SMILES string of the molecule is C(/C=C/c1ccccc1)=[N+]1CCCCC1. The van der Waals surface area contributed by atoms with Crippen molar-refractivity contribution in [1.29, 1.82) is 0 Å². The predicted molar refractivity (Wildman–Crippen MR) is 65.4 cm³/mol. The van der Waals surface area contributed by atoms with Crippen molar-refractivity contribution in [3.63, 3.8) is 0 Å². The molecule has 0 spiro atoms. The van der Waals surface area contributed by atoms with E-state index in [1.807, 2.05) is 6.07 Å². The van der Waals surface area contributed by atoms with E-state index >= 15 is 0 Å². The van der Waals surface area contributed by atoms with Gasteiger partial charge in [0.2, 0.25) is 0 Å². The number of hydrogen-bond acceptors (Lipinski definition) is 0. The third-order valence-electron chi connectivity index (χ3n) is 2.78. The summed E-state index contributed by atoms with van der Waals surface area (Å²) >= 11 is 0. The van der Waals surface area contributed by atoms with Crippen molar-refractivity contribution in [2.75, 3.05) is 13.1 Å². The largest absolute Gasteiger partial charge is 0.236 e. The lowest BCUT2D eigenvalue weighted by molar-refractivity contribution is -0.532. The Bertz CT molecular complexity index is 341. The van der Waals surface area contributed by atoms with Gasteiger partial charge in [-0.25, -0.2) is 4.58 Å². The highest BCUT2D eigenvalue weighted by molar-refractivity contribution is 5.74. The lowest BCUT2D eigenvalue weighted by Crippen LogP contribution is -2.20. The summed E-state index contributed by atoms with van der Waals surface area (Å²) in [6, 6.07) is 10.4. The van der Waals surface area contributed by atoms with Crippen LogP contribution in [0.3, 0.4) is 0 Å². The van der Waals surface area contributed by atoms with Crippen LogP contribution in [0.4, 0.5) is 0 Å². The fraction of sp³-hybridized carbons (Fsp3) is 0.357. The number of allylic oxidation sites excluding steroid dienone is 1. The lowest BCUT2D eigenvalue weighted by Gasteiger charge is -2.07. The normalized spacial score (nSPS) is 16.9. The second-order valence-corrected chi connectivity index (χ2v) is 4.02. The van der Waals surface area contributed by atoms with Crippen molar-refractivity contribution in [1.82, 2.24) is 0 Å². The standard InChI is InChI=1S/C14H18N/c1-3-8-14(9-4-1)10-7-13-15-11-5-2-6-12-15/h1,3-4,7-10,13H,2,5-6,11-12H2/q+1/b10-7+. The quantitative estimate of drug-likeness (QED) is 0.646. The van der Waals surface area contributed by atoms with Gasteiger partial charge in [-0.05, 0) is 18.1 Å². The zero-order chi connectivity index (χ0) is 10.3. The topological polar surface area (TPSA) is 3.01 Å². The molecule has 1 nitrogen and oxygen atoms in total. The van der Waals surface area contributed by atoms with Crippen LogP contribution in [-0.2, 0) is 0 Å². The van der Waals surface area contributed by atoms with Crippen LogP contribution in [0.2, 0.25) is 0 Å². The van der Waals surface area contributed by atoms with Gasteiger partial charge in [-0.2, -0.15) is 0 Å². The molecule has 78 valence electrons. The summed E-state index contributed by atoms with van der Waals surface area (Å²) in [5.41, 5.74) is 1.27. The van der Waals surface area contributed by atoms with Crippen molar-refractivity contribution >= 4 is 12.3 Å². The average molecular weight is 200 g/mol. The van der Waals surface area contributed by atoms with Crippen LogP contribution in [0.15, 0.2) is 36.4 Å². The van der Waals surface area contributed by atoms with Crippen LogP contribution in [0, 0.1) is 0 Å². The molecule has 1 heteroatoms. The number of benzene rings is 1. The van der Waals surface area contributed by atoms with Gasteiger partial charge in [0, 0.05) is 18.9 Å². The van der Waals surface area contributed by atoms with E-state index in [2.05, 4.69) is 47.2 Å². The molecule has 1 aliphatic rings. The average Bonchev–Trinajstić information content (AvgIpc) is 2.32. The molecule has 0 unspecified atom stereocenters. The molecule has 1 saturated heterocycles. The van der Waals surface area contributed by atoms with Crippen molar-refractivity contribution in [3.8, 4) is 0 Å². The molecular weight excluding hydrogens is 182 g/mol. The van der Waals surface area contributed by atoms with E-state index in [4.69, 9.17) is 0 Å². The molecule has 0 aromatic heterocycles. The molecule has 1 aliphatic heterocycles. The Morgan fingerprint density at radius 3 is 2.40 bits per heavy atom. The van der Waals surface area contributed by atoms with Gasteiger partial charge in [-0.1, -0.05) is 30.3 Å². The Hall–Kier alpha value is -1.37. The molecule has 0 amide bonds. The number of piperidine rings is 1. The van der Waals surface area contributed by atoms with Crippen molar-refractivity contribution in [2.24, 2.45) is 0 Å². The minimum Gasteiger partial charge on any atom is -0.236 e. The van der Waals surface area contributed by atoms with Crippen LogP contribution in [0.25, 0.3) is 6.08 Å². The molecule has 0 aliphatic carbocycles. The fourth-order valence-electron chi connectivity index (χ4n) is 1.91. The van der Waals surface area contributed by atoms with Gasteiger partial charge in [0.1, 0.15) is 13.1 Å². The van der Waals surface area contributed by atoms with E-state index < -0.39 is 0 Å². The molecular formula is C14H18N+. The van der Waals surface area contributed by atoms with E-state index in [9.17, 15) is 0 Å². The molecule has 1 aromatic rings. The first-order valence-electron chi connectivity index (χ1n) is 5.76. The molecule has 0 radical (unpaired) electrons. The van der Waals surface area contributed by atoms with Gasteiger partial charge < -0.3 is 0 Å². The molecule has 0 N–H and O–H groups in total. The van der Waals surface area contributed by atoms with E-state index in [-0.39, 0.29) is 0 Å². The van der Waals surface area contributed by atoms with Crippen LogP contribution in [0.1, 0.15) is 24.8 Å². The third kappa shape index (κ3) is 3.35. The minimum atomic E-state index is 1.22. The first-order chi connectivity index (χ1) is 7.45. The number of nitrogens with zero attached hydrogens (tertiary/aromatic N) is 1. The minimum absolute atomic E-state index is 1.22. The Morgan fingerprint density at radius 1 is 0.933 bits per heavy atom. The summed E-state index contributed by atoms with van der Waals surface area (Å²) in [6.45, 7) is 2.44. The maximum atomic E-state index is 2.41. The molecule has 1 aromatic carbocycles. The molecule has 2 rings (SSSR count). The van der Waals surface area contributed by atoms with E-state index in [0.29, 0.717) is 0 Å². The summed E-state index contributed by atoms with van der Waals surface area (Å²) in [6.07, 6.45) is 10.6. The molecule has 1 heterocycles. The smallest absolute Gasteiger partial charge is 0.163 e. The van der Waals surface area contributed by atoms with Gasteiger partial charge in [-0.15, -0.1) is 0 Å². The Labute approximate surface area is 91.8 Å². The first-order valence-corrected chi connectivity index (χ1v) is 5.76. The predicted octanol–water partition coefficient (Wildman–Crippen LogP) is 2.97. The molecule has 0 atom stereocenters. The highest BCUT2D eigenvalue weighted by Gasteiger charge is 2.08. The van der Waals surface area contributed by atoms with Crippen LogP contribution in [-0.4, -0.2) is 23.9 Å². The second-order valence-electron chi connectivity index (χ2n) is 4.02. The van der Waals surface area contributed by atoms with Crippen LogP contribution >= 0.6 is 0 Å². The maximum Gasteiger partial charge on any atom is 0.163 e. The molecule has 0 saturated carbocycles. The Balaban J connectivity index is 1.94. The summed E-state index contributed by atoms with van der Waals surface area (Å²) in [5, 5.41) is 0. The van der Waals surface area contributed by atoms with Crippen molar-refractivity contribution in [3.05, 3.63) is 42.0 Å². The van der Waals surface area contributed by atoms with Crippen LogP contribution < -0.4 is 0 Å². The van der Waals surface area contributed by atoms with Gasteiger partial charge in [0.05, 0.1) is 0 Å². The third-order valence-corrected chi connectivity index (χ3v) is 2.78. The number of hydrogen-bond donors (Lipinski definition) is 0. The lowest BCUT2D eigenvalue weighted by atomic mass is 10.1. The van der Waals surface area contributed by atoms with Gasteiger partial charge in [-0.3, -0.25) is 0 Å². The van der Waals surface area contributed by atoms with Gasteiger partial charge in [0.25, 0.3) is 0 Å². The summed E-state index contributed by atoms with van der Waals surface area (Å²) < 4.78 is 2.41. The van der Waals surface area contributed by atoms with E-state index in [1.165, 1.54) is 37.9 Å². The van der Waals surface area contributed by atoms with Crippen molar-refractivity contribution < 1.29 is 4.58 Å². The molecule has 0 bridgehead atoms. The number of rotatable bonds is 2. The zero-order valence-corrected chi connectivity index (χ0v) is 9.10. The van der Waals surface area contributed by atoms with E-state index in [0.717, 1.165) is 0 Å². The Kier molecular flexibility index (Phi) is 3.72. The summed E-state index contributed by atoms with van der Waals surface area (Å²) in [7, 11) is 0. The van der Waals surface area contributed by atoms with Crippen molar-refractivity contribution in [2.45, 2.75) is 19.3 Å². The molecule has 1 fully saturated rings. The highest BCUT2D eigenvalue weighted by atomic mass is 15.0. The van der Waals surface area contributed by atoms with Gasteiger partial charge in [0.15, 0.2) is 6.21 Å².